The summed E-state index contributed by atoms with van der Waals surface area (Å²) in [5.41, 5.74) is 6.07. The van der Waals surface area contributed by atoms with Gasteiger partial charge in [-0.05, 0) is 36.4 Å². The summed E-state index contributed by atoms with van der Waals surface area (Å²) in [4.78, 5) is 18.9. The highest BCUT2D eigenvalue weighted by atomic mass is 15.1. The Balaban J connectivity index is 1.52. The first kappa shape index (κ1) is 21.1. The molecule has 0 bridgehead atoms. The molecule has 174 valence electrons. The predicted octanol–water partition coefficient (Wildman–Crippen LogP) is 7.36. The summed E-state index contributed by atoms with van der Waals surface area (Å²) in [5.74, 6) is 1.87. The number of hydrogen-bond donors (Lipinski definition) is 0. The maximum atomic E-state index is 4.98. The fraction of sp³-hybridized carbons (Fsp3) is 0. The van der Waals surface area contributed by atoms with Gasteiger partial charge in [-0.15, -0.1) is 0 Å². The Labute approximate surface area is 213 Å². The lowest BCUT2D eigenvalue weighted by molar-refractivity contribution is 1.06. The van der Waals surface area contributed by atoms with Crippen LogP contribution in [-0.2, 0) is 0 Å². The number of pyridine rings is 1. The maximum Gasteiger partial charge on any atom is 0.166 e. The zero-order valence-corrected chi connectivity index (χ0v) is 19.9. The van der Waals surface area contributed by atoms with Gasteiger partial charge in [0.1, 0.15) is 0 Å². The number of para-hydroxylation sites is 3. The lowest BCUT2D eigenvalue weighted by Crippen LogP contribution is -2.03. The lowest BCUT2D eigenvalue weighted by atomic mass is 10.1. The largest absolute Gasteiger partial charge is 0.309 e. The number of benzene rings is 4. The average molecular weight is 476 g/mol. The number of nitrogens with zero attached hydrogens (tertiary/aromatic N) is 5. The zero-order valence-electron chi connectivity index (χ0n) is 19.9. The van der Waals surface area contributed by atoms with E-state index in [1.807, 2.05) is 48.5 Å². The van der Waals surface area contributed by atoms with Crippen LogP contribution in [-0.4, -0.2) is 24.5 Å². The molecule has 0 amide bonds. The number of fused-ring (bicyclic) bond motifs is 3. The third-order valence-electron chi connectivity index (χ3n) is 6.57. The Kier molecular flexibility index (Phi) is 5.03. The SMILES string of the molecule is c1ccc(-c2nc(-c3ccncc3)nc(-c3ccccc3-n3c4ccccc4c4ccccc43)n2)cc1. The summed E-state index contributed by atoms with van der Waals surface area (Å²) in [6.07, 6.45) is 3.51. The van der Waals surface area contributed by atoms with Crippen molar-refractivity contribution < 1.29 is 0 Å². The highest BCUT2D eigenvalue weighted by Crippen LogP contribution is 2.35. The molecule has 37 heavy (non-hydrogen) atoms. The summed E-state index contributed by atoms with van der Waals surface area (Å²) in [7, 11) is 0. The van der Waals surface area contributed by atoms with Crippen LogP contribution in [0.25, 0.3) is 61.7 Å². The van der Waals surface area contributed by atoms with E-state index in [-0.39, 0.29) is 0 Å². The summed E-state index contributed by atoms with van der Waals surface area (Å²) in [6, 6.07) is 39.2. The topological polar surface area (TPSA) is 56.5 Å². The van der Waals surface area contributed by atoms with E-state index in [1.165, 1.54) is 10.8 Å². The lowest BCUT2D eigenvalue weighted by Gasteiger charge is -2.14. The van der Waals surface area contributed by atoms with E-state index in [4.69, 9.17) is 15.0 Å². The van der Waals surface area contributed by atoms with Crippen molar-refractivity contribution in [2.75, 3.05) is 0 Å². The minimum Gasteiger partial charge on any atom is -0.309 e. The molecule has 0 atom stereocenters. The molecule has 4 aromatic carbocycles. The van der Waals surface area contributed by atoms with E-state index in [2.05, 4.69) is 76.3 Å². The summed E-state index contributed by atoms with van der Waals surface area (Å²) >= 11 is 0. The van der Waals surface area contributed by atoms with Gasteiger partial charge in [0.2, 0.25) is 0 Å². The molecule has 0 aliphatic carbocycles. The second kappa shape index (κ2) is 8.81. The van der Waals surface area contributed by atoms with Gasteiger partial charge >= 0.3 is 0 Å². The number of rotatable bonds is 4. The Morgan fingerprint density at radius 1 is 0.432 bits per heavy atom. The molecule has 0 radical (unpaired) electrons. The molecule has 7 aromatic rings. The molecular weight excluding hydrogens is 454 g/mol. The van der Waals surface area contributed by atoms with Gasteiger partial charge in [0.15, 0.2) is 17.5 Å². The molecule has 0 aliphatic heterocycles. The smallest absolute Gasteiger partial charge is 0.166 e. The molecule has 3 aromatic heterocycles. The van der Waals surface area contributed by atoms with Gasteiger partial charge in [-0.1, -0.05) is 78.9 Å². The molecule has 0 saturated heterocycles. The minimum absolute atomic E-state index is 0.614. The number of hydrogen-bond acceptors (Lipinski definition) is 4. The van der Waals surface area contributed by atoms with Crippen molar-refractivity contribution in [1.29, 1.82) is 0 Å². The van der Waals surface area contributed by atoms with Gasteiger partial charge in [-0.2, -0.15) is 0 Å². The molecule has 0 N–H and O–H groups in total. The van der Waals surface area contributed by atoms with Gasteiger partial charge in [-0.3, -0.25) is 4.98 Å². The van der Waals surface area contributed by atoms with Crippen molar-refractivity contribution in [3.63, 3.8) is 0 Å². The van der Waals surface area contributed by atoms with E-state index < -0.39 is 0 Å². The van der Waals surface area contributed by atoms with Crippen LogP contribution >= 0.6 is 0 Å². The average Bonchev–Trinajstić information content (AvgIpc) is 3.32. The Morgan fingerprint density at radius 2 is 0.946 bits per heavy atom. The fourth-order valence-corrected chi connectivity index (χ4v) is 4.88. The zero-order chi connectivity index (χ0) is 24.6. The summed E-state index contributed by atoms with van der Waals surface area (Å²) < 4.78 is 2.30. The normalized spacial score (nSPS) is 11.2. The number of aromatic nitrogens is 5. The van der Waals surface area contributed by atoms with Crippen LogP contribution in [0.1, 0.15) is 0 Å². The van der Waals surface area contributed by atoms with Crippen LogP contribution in [0.5, 0.6) is 0 Å². The second-order valence-electron chi connectivity index (χ2n) is 8.80. The maximum absolute atomic E-state index is 4.98. The molecule has 5 nitrogen and oxygen atoms in total. The Morgan fingerprint density at radius 3 is 1.62 bits per heavy atom. The van der Waals surface area contributed by atoms with Gasteiger partial charge in [0, 0.05) is 39.9 Å². The molecule has 7 rings (SSSR count). The Bertz CT molecular complexity index is 1760. The second-order valence-corrected chi connectivity index (χ2v) is 8.80. The third-order valence-corrected chi connectivity index (χ3v) is 6.57. The molecule has 5 heteroatoms. The van der Waals surface area contributed by atoms with Crippen molar-refractivity contribution >= 4 is 21.8 Å². The van der Waals surface area contributed by atoms with Crippen LogP contribution in [0, 0.1) is 0 Å². The van der Waals surface area contributed by atoms with Crippen molar-refractivity contribution in [1.82, 2.24) is 24.5 Å². The van der Waals surface area contributed by atoms with Crippen LogP contribution in [0.4, 0.5) is 0 Å². The van der Waals surface area contributed by atoms with Crippen LogP contribution < -0.4 is 0 Å². The molecular formula is C32H21N5. The Hall–Kier alpha value is -5.16. The van der Waals surface area contributed by atoms with Gasteiger partial charge in [0.25, 0.3) is 0 Å². The standard InChI is InChI=1S/C32H21N5/c1-2-10-22(11-3-1)30-34-31(23-18-20-33-21-19-23)36-32(35-30)26-14-6-9-17-29(26)37-27-15-7-4-12-24(27)25-13-5-8-16-28(25)37/h1-21H. The fourth-order valence-electron chi connectivity index (χ4n) is 4.88. The van der Waals surface area contributed by atoms with Crippen LogP contribution in [0.15, 0.2) is 128 Å². The highest BCUT2D eigenvalue weighted by Gasteiger charge is 2.18. The van der Waals surface area contributed by atoms with E-state index in [0.717, 1.165) is 33.4 Å². The van der Waals surface area contributed by atoms with E-state index in [1.54, 1.807) is 12.4 Å². The quantitative estimate of drug-likeness (QED) is 0.267. The van der Waals surface area contributed by atoms with Gasteiger partial charge in [-0.25, -0.2) is 15.0 Å². The minimum atomic E-state index is 0.614. The monoisotopic (exact) mass is 475 g/mol. The summed E-state index contributed by atoms with van der Waals surface area (Å²) in [6.45, 7) is 0. The first-order chi connectivity index (χ1) is 18.4. The third kappa shape index (κ3) is 3.65. The first-order valence-electron chi connectivity index (χ1n) is 12.2. The molecule has 3 heterocycles. The molecule has 0 saturated carbocycles. The van der Waals surface area contributed by atoms with Crippen molar-refractivity contribution in [3.05, 3.63) is 128 Å². The molecule has 0 fully saturated rings. The van der Waals surface area contributed by atoms with Gasteiger partial charge < -0.3 is 4.57 Å². The van der Waals surface area contributed by atoms with Gasteiger partial charge in [0.05, 0.1) is 16.7 Å². The van der Waals surface area contributed by atoms with Crippen molar-refractivity contribution in [2.45, 2.75) is 0 Å². The molecule has 0 unspecified atom stereocenters. The molecule has 0 aliphatic rings. The van der Waals surface area contributed by atoms with E-state index in [0.29, 0.717) is 17.5 Å². The molecule has 0 spiro atoms. The van der Waals surface area contributed by atoms with E-state index in [9.17, 15) is 0 Å². The summed E-state index contributed by atoms with van der Waals surface area (Å²) in [5, 5.41) is 2.43. The predicted molar refractivity (Wildman–Crippen MR) is 148 cm³/mol. The van der Waals surface area contributed by atoms with Crippen LogP contribution in [0.3, 0.4) is 0 Å². The van der Waals surface area contributed by atoms with Crippen molar-refractivity contribution in [2.24, 2.45) is 0 Å². The highest BCUT2D eigenvalue weighted by molar-refractivity contribution is 6.09. The first-order valence-corrected chi connectivity index (χ1v) is 12.2. The van der Waals surface area contributed by atoms with Crippen LogP contribution in [0.2, 0.25) is 0 Å². The van der Waals surface area contributed by atoms with Crippen molar-refractivity contribution in [3.8, 4) is 39.9 Å². The van der Waals surface area contributed by atoms with E-state index >= 15 is 0 Å².